The van der Waals surface area contributed by atoms with E-state index in [-0.39, 0.29) is 12.3 Å². The molecule has 1 saturated heterocycles. The summed E-state index contributed by atoms with van der Waals surface area (Å²) in [6.45, 7) is 5.55. The predicted molar refractivity (Wildman–Crippen MR) is 120 cm³/mol. The molecule has 174 valence electrons. The zero-order valence-corrected chi connectivity index (χ0v) is 19.0. The van der Waals surface area contributed by atoms with Crippen molar-refractivity contribution in [2.45, 2.75) is 71.3 Å². The lowest BCUT2D eigenvalue weighted by Gasteiger charge is -2.28. The van der Waals surface area contributed by atoms with Gasteiger partial charge in [0.2, 0.25) is 5.91 Å². The highest BCUT2D eigenvalue weighted by atomic mass is 19.3. The van der Waals surface area contributed by atoms with Gasteiger partial charge in [-0.3, -0.25) is 9.69 Å². The van der Waals surface area contributed by atoms with Gasteiger partial charge in [0.05, 0.1) is 18.3 Å². The van der Waals surface area contributed by atoms with Crippen molar-refractivity contribution in [2.24, 2.45) is 5.92 Å². The zero-order valence-electron chi connectivity index (χ0n) is 19.0. The molecular weight excluding hydrogens is 412 g/mol. The van der Waals surface area contributed by atoms with Crippen molar-refractivity contribution in [3.05, 3.63) is 40.9 Å². The van der Waals surface area contributed by atoms with Gasteiger partial charge < -0.3 is 5.32 Å². The number of nitrogens with zero attached hydrogens (tertiary/aromatic N) is 4. The molecule has 0 spiro atoms. The molecule has 2 aliphatic rings. The monoisotopic (exact) mass is 445 g/mol. The van der Waals surface area contributed by atoms with E-state index in [1.165, 1.54) is 25.7 Å². The number of aromatic nitrogens is 3. The summed E-state index contributed by atoms with van der Waals surface area (Å²) in [5.41, 5.74) is 4.67. The van der Waals surface area contributed by atoms with Crippen LogP contribution in [0.25, 0.3) is 5.65 Å². The Morgan fingerprint density at radius 3 is 2.88 bits per heavy atom. The standard InChI is InChI=1S/C24H33F2N5O/c1-16-19(10-11-24(32)27-14-22(25)26)17(2)31-23(28-16)13-20(29-31)21-9-6-12-30(21)15-18-7-4-3-5-8-18/h3-4,13,18,21-22H,5-12,14-15H2,1-2H3,(H,27,32)/t18-,21+/m1/s1. The molecular formula is C24H33F2N5O. The summed E-state index contributed by atoms with van der Waals surface area (Å²) in [4.78, 5) is 19.2. The number of fused-ring (bicyclic) bond motifs is 1. The fourth-order valence-corrected chi connectivity index (χ4v) is 5.12. The summed E-state index contributed by atoms with van der Waals surface area (Å²) >= 11 is 0. The number of hydrogen-bond donors (Lipinski definition) is 1. The molecule has 0 unspecified atom stereocenters. The maximum Gasteiger partial charge on any atom is 0.255 e. The quantitative estimate of drug-likeness (QED) is 0.620. The molecule has 1 fully saturated rings. The first kappa shape index (κ1) is 22.8. The maximum absolute atomic E-state index is 12.3. The molecule has 8 heteroatoms. The van der Waals surface area contributed by atoms with Crippen LogP contribution in [-0.2, 0) is 11.2 Å². The number of alkyl halides is 2. The van der Waals surface area contributed by atoms with Crippen LogP contribution in [0, 0.1) is 19.8 Å². The van der Waals surface area contributed by atoms with Gasteiger partial charge in [0.25, 0.3) is 6.43 Å². The Labute approximate surface area is 188 Å². The van der Waals surface area contributed by atoms with E-state index in [1.807, 2.05) is 18.4 Å². The van der Waals surface area contributed by atoms with E-state index >= 15 is 0 Å². The molecule has 1 N–H and O–H groups in total. The summed E-state index contributed by atoms with van der Waals surface area (Å²) in [6.07, 6.45) is 8.59. The van der Waals surface area contributed by atoms with Gasteiger partial charge in [-0.25, -0.2) is 18.3 Å². The molecule has 1 aliphatic carbocycles. The molecule has 1 aliphatic heterocycles. The van der Waals surface area contributed by atoms with Crippen LogP contribution in [0.15, 0.2) is 18.2 Å². The van der Waals surface area contributed by atoms with Crippen molar-refractivity contribution in [3.8, 4) is 0 Å². The Morgan fingerprint density at radius 1 is 1.28 bits per heavy atom. The van der Waals surface area contributed by atoms with Crippen LogP contribution in [0.4, 0.5) is 8.78 Å². The number of halogens is 2. The lowest BCUT2D eigenvalue weighted by Crippen LogP contribution is -2.30. The van der Waals surface area contributed by atoms with Crippen LogP contribution in [0.3, 0.4) is 0 Å². The van der Waals surface area contributed by atoms with Crippen LogP contribution in [0.5, 0.6) is 0 Å². The lowest BCUT2D eigenvalue weighted by atomic mass is 9.93. The van der Waals surface area contributed by atoms with Crippen molar-refractivity contribution in [3.63, 3.8) is 0 Å². The normalized spacial score (nSPS) is 21.7. The third-order valence-electron chi connectivity index (χ3n) is 6.81. The van der Waals surface area contributed by atoms with Gasteiger partial charge in [-0.05, 0) is 70.4 Å². The molecule has 32 heavy (non-hydrogen) atoms. The molecule has 0 saturated carbocycles. The Balaban J connectivity index is 1.49. The predicted octanol–water partition coefficient (Wildman–Crippen LogP) is 4.15. The average molecular weight is 446 g/mol. The minimum absolute atomic E-state index is 0.155. The van der Waals surface area contributed by atoms with Crippen LogP contribution in [0.1, 0.15) is 67.2 Å². The van der Waals surface area contributed by atoms with Crippen LogP contribution in [0.2, 0.25) is 0 Å². The van der Waals surface area contributed by atoms with Gasteiger partial charge in [0.15, 0.2) is 5.65 Å². The van der Waals surface area contributed by atoms with Crippen LogP contribution in [-0.4, -0.2) is 51.5 Å². The number of rotatable bonds is 8. The van der Waals surface area contributed by atoms with Crippen molar-refractivity contribution in [2.75, 3.05) is 19.6 Å². The number of hydrogen-bond acceptors (Lipinski definition) is 4. The zero-order chi connectivity index (χ0) is 22.7. The number of nitrogens with one attached hydrogen (secondary N) is 1. The van der Waals surface area contributed by atoms with Crippen molar-refractivity contribution < 1.29 is 13.6 Å². The smallest absolute Gasteiger partial charge is 0.255 e. The second kappa shape index (κ2) is 10.1. The number of carbonyl (C=O) groups is 1. The number of allylic oxidation sites excluding steroid dienone is 2. The van der Waals surface area contributed by atoms with Crippen molar-refractivity contribution in [1.29, 1.82) is 0 Å². The van der Waals surface area contributed by atoms with Crippen molar-refractivity contribution >= 4 is 11.6 Å². The lowest BCUT2D eigenvalue weighted by molar-refractivity contribution is -0.121. The highest BCUT2D eigenvalue weighted by Crippen LogP contribution is 2.34. The van der Waals surface area contributed by atoms with Gasteiger partial charge in [-0.2, -0.15) is 5.10 Å². The Morgan fingerprint density at radius 2 is 2.12 bits per heavy atom. The molecule has 0 bridgehead atoms. The van der Waals surface area contributed by atoms with E-state index in [0.29, 0.717) is 12.5 Å². The SMILES string of the molecule is Cc1nc2cc([C@@H]3CCCN3C[C@@H]3CC=CCC3)nn2c(C)c1CCC(=O)NCC(F)F. The molecule has 0 aromatic carbocycles. The highest BCUT2D eigenvalue weighted by Gasteiger charge is 2.30. The second-order valence-electron chi connectivity index (χ2n) is 9.10. The number of amides is 1. The number of aryl methyl sites for hydroxylation is 2. The molecule has 6 nitrogen and oxygen atoms in total. The minimum atomic E-state index is -2.53. The van der Waals surface area contributed by atoms with E-state index in [9.17, 15) is 13.6 Å². The van der Waals surface area contributed by atoms with Gasteiger partial charge in [0.1, 0.15) is 0 Å². The molecule has 3 heterocycles. The fourth-order valence-electron chi connectivity index (χ4n) is 5.12. The number of likely N-dealkylation sites (tertiary alicyclic amines) is 1. The highest BCUT2D eigenvalue weighted by molar-refractivity contribution is 5.76. The van der Waals surface area contributed by atoms with Crippen molar-refractivity contribution in [1.82, 2.24) is 24.8 Å². The third-order valence-corrected chi connectivity index (χ3v) is 6.81. The Kier molecular flexibility index (Phi) is 7.18. The molecule has 1 amide bonds. The second-order valence-corrected chi connectivity index (χ2v) is 9.10. The fraction of sp³-hybridized carbons (Fsp3) is 0.625. The largest absolute Gasteiger partial charge is 0.350 e. The molecule has 2 aromatic heterocycles. The Bertz CT molecular complexity index is 986. The van der Waals surface area contributed by atoms with Crippen LogP contribution < -0.4 is 5.32 Å². The molecule has 4 rings (SSSR count). The first-order valence-electron chi connectivity index (χ1n) is 11.7. The first-order valence-corrected chi connectivity index (χ1v) is 11.7. The van der Waals surface area contributed by atoms with E-state index in [1.54, 1.807) is 0 Å². The topological polar surface area (TPSA) is 62.5 Å². The van der Waals surface area contributed by atoms with Crippen LogP contribution >= 0.6 is 0 Å². The summed E-state index contributed by atoms with van der Waals surface area (Å²) in [5, 5.41) is 7.19. The maximum atomic E-state index is 12.3. The van der Waals surface area contributed by atoms with E-state index in [4.69, 9.17) is 10.1 Å². The Hall–Kier alpha value is -2.35. The summed E-state index contributed by atoms with van der Waals surface area (Å²) in [5.74, 6) is 0.354. The molecule has 2 atom stereocenters. The van der Waals surface area contributed by atoms with Gasteiger partial charge in [0, 0.05) is 30.4 Å². The van der Waals surface area contributed by atoms with E-state index in [2.05, 4.69) is 28.4 Å². The third kappa shape index (κ3) is 5.17. The summed E-state index contributed by atoms with van der Waals surface area (Å²) in [6, 6.07) is 2.42. The average Bonchev–Trinajstić information content (AvgIpc) is 3.39. The molecule has 0 radical (unpaired) electrons. The summed E-state index contributed by atoms with van der Waals surface area (Å²) in [7, 11) is 0. The number of carbonyl (C=O) groups excluding carboxylic acids is 1. The van der Waals surface area contributed by atoms with Gasteiger partial charge >= 0.3 is 0 Å². The first-order chi connectivity index (χ1) is 15.4. The molecule has 2 aromatic rings. The van der Waals surface area contributed by atoms with E-state index in [0.717, 1.165) is 53.7 Å². The van der Waals surface area contributed by atoms with Gasteiger partial charge in [-0.15, -0.1) is 0 Å². The minimum Gasteiger partial charge on any atom is -0.350 e. The summed E-state index contributed by atoms with van der Waals surface area (Å²) < 4.78 is 26.5. The van der Waals surface area contributed by atoms with E-state index < -0.39 is 13.0 Å². The van der Waals surface area contributed by atoms with Gasteiger partial charge in [-0.1, -0.05) is 12.2 Å².